The van der Waals surface area contributed by atoms with Gasteiger partial charge in [0.1, 0.15) is 0 Å². The molecule has 0 aliphatic heterocycles. The Labute approximate surface area is 57.5 Å². The zero-order chi connectivity index (χ0) is 7.28. The van der Waals surface area contributed by atoms with E-state index in [1.807, 2.05) is 13.8 Å². The standard InChI is InChI=1S/C8H15N/c1-5-6-8(4)9-7(2)3/h2,5-6H2,1,3-4H3. The van der Waals surface area contributed by atoms with Crippen LogP contribution in [0.2, 0.25) is 0 Å². The summed E-state index contributed by atoms with van der Waals surface area (Å²) in [5, 5.41) is 0. The quantitative estimate of drug-likeness (QED) is 0.514. The maximum Gasteiger partial charge on any atom is 0.0300 e. The molecule has 0 N–H and O–H groups in total. The van der Waals surface area contributed by atoms with E-state index in [0.29, 0.717) is 0 Å². The van der Waals surface area contributed by atoms with E-state index in [9.17, 15) is 0 Å². The van der Waals surface area contributed by atoms with Crippen LogP contribution < -0.4 is 0 Å². The molecular formula is C8H15N. The third-order valence-corrected chi connectivity index (χ3v) is 0.994. The number of nitrogens with zero attached hydrogens (tertiary/aromatic N) is 1. The zero-order valence-electron chi connectivity index (χ0n) is 6.57. The van der Waals surface area contributed by atoms with Crippen LogP contribution in [0.3, 0.4) is 0 Å². The lowest BCUT2D eigenvalue weighted by atomic mass is 10.2. The third-order valence-electron chi connectivity index (χ3n) is 0.994. The Balaban J connectivity index is 3.69. The molecule has 0 heterocycles. The second-order valence-electron chi connectivity index (χ2n) is 2.33. The van der Waals surface area contributed by atoms with Crippen LogP contribution in [0.4, 0.5) is 0 Å². The van der Waals surface area contributed by atoms with E-state index in [2.05, 4.69) is 18.5 Å². The van der Waals surface area contributed by atoms with Gasteiger partial charge in [0.25, 0.3) is 0 Å². The predicted octanol–water partition coefficient (Wildman–Crippen LogP) is 2.78. The van der Waals surface area contributed by atoms with Crippen LogP contribution in [0.15, 0.2) is 17.3 Å². The second kappa shape index (κ2) is 4.30. The minimum atomic E-state index is 0.904. The summed E-state index contributed by atoms with van der Waals surface area (Å²) >= 11 is 0. The molecule has 0 fully saturated rings. The van der Waals surface area contributed by atoms with Gasteiger partial charge in [-0.1, -0.05) is 19.9 Å². The fourth-order valence-corrected chi connectivity index (χ4v) is 0.744. The summed E-state index contributed by atoms with van der Waals surface area (Å²) in [6.07, 6.45) is 2.26. The first kappa shape index (κ1) is 8.41. The fourth-order valence-electron chi connectivity index (χ4n) is 0.744. The van der Waals surface area contributed by atoms with Crippen molar-refractivity contribution in [2.24, 2.45) is 4.99 Å². The number of aliphatic imine (C=N–C) groups is 1. The molecule has 0 aromatic rings. The zero-order valence-corrected chi connectivity index (χ0v) is 6.57. The van der Waals surface area contributed by atoms with Crippen LogP contribution in [0, 0.1) is 0 Å². The summed E-state index contributed by atoms with van der Waals surface area (Å²) in [5.74, 6) is 0. The molecule has 0 spiro atoms. The molecule has 0 atom stereocenters. The minimum Gasteiger partial charge on any atom is -0.263 e. The Morgan fingerprint density at radius 3 is 2.33 bits per heavy atom. The van der Waals surface area contributed by atoms with Gasteiger partial charge in [0.2, 0.25) is 0 Å². The van der Waals surface area contributed by atoms with E-state index in [1.165, 1.54) is 12.1 Å². The molecule has 52 valence electrons. The van der Waals surface area contributed by atoms with Gasteiger partial charge in [-0.15, -0.1) is 0 Å². The summed E-state index contributed by atoms with van der Waals surface area (Å²) in [7, 11) is 0. The van der Waals surface area contributed by atoms with Gasteiger partial charge < -0.3 is 0 Å². The van der Waals surface area contributed by atoms with Gasteiger partial charge in [0.05, 0.1) is 0 Å². The van der Waals surface area contributed by atoms with Crippen molar-refractivity contribution in [2.75, 3.05) is 0 Å². The van der Waals surface area contributed by atoms with E-state index >= 15 is 0 Å². The highest BCUT2D eigenvalue weighted by Crippen LogP contribution is 1.96. The van der Waals surface area contributed by atoms with Crippen LogP contribution in [0.25, 0.3) is 0 Å². The largest absolute Gasteiger partial charge is 0.263 e. The van der Waals surface area contributed by atoms with Crippen LogP contribution in [-0.4, -0.2) is 5.71 Å². The maximum absolute atomic E-state index is 4.19. The topological polar surface area (TPSA) is 12.4 Å². The third kappa shape index (κ3) is 5.28. The first-order chi connectivity index (χ1) is 4.16. The molecule has 0 amide bonds. The highest BCUT2D eigenvalue weighted by atomic mass is 14.7. The molecule has 9 heavy (non-hydrogen) atoms. The molecule has 0 saturated heterocycles. The first-order valence-corrected chi connectivity index (χ1v) is 3.36. The summed E-state index contributed by atoms with van der Waals surface area (Å²) in [6.45, 7) is 9.80. The second-order valence-corrected chi connectivity index (χ2v) is 2.33. The molecule has 0 unspecified atom stereocenters. The van der Waals surface area contributed by atoms with E-state index in [4.69, 9.17) is 0 Å². The average Bonchev–Trinajstić information content (AvgIpc) is 1.63. The van der Waals surface area contributed by atoms with Crippen molar-refractivity contribution < 1.29 is 0 Å². The van der Waals surface area contributed by atoms with Crippen molar-refractivity contribution in [1.82, 2.24) is 0 Å². The van der Waals surface area contributed by atoms with Gasteiger partial charge in [0, 0.05) is 11.4 Å². The van der Waals surface area contributed by atoms with Gasteiger partial charge in [-0.05, 0) is 20.3 Å². The Bertz CT molecular complexity index is 123. The van der Waals surface area contributed by atoms with Crippen molar-refractivity contribution >= 4 is 5.71 Å². The summed E-state index contributed by atoms with van der Waals surface area (Å²) in [5.41, 5.74) is 2.09. The van der Waals surface area contributed by atoms with Crippen LogP contribution in [0.1, 0.15) is 33.6 Å². The lowest BCUT2D eigenvalue weighted by Crippen LogP contribution is -1.88. The van der Waals surface area contributed by atoms with Crippen LogP contribution >= 0.6 is 0 Å². The Morgan fingerprint density at radius 1 is 1.44 bits per heavy atom. The molecular weight excluding hydrogens is 110 g/mol. The molecule has 0 radical (unpaired) electrons. The van der Waals surface area contributed by atoms with E-state index in [0.717, 1.165) is 12.1 Å². The summed E-state index contributed by atoms with van der Waals surface area (Å²) in [6, 6.07) is 0. The molecule has 0 aromatic carbocycles. The molecule has 1 nitrogen and oxygen atoms in total. The smallest absolute Gasteiger partial charge is 0.0300 e. The Hall–Kier alpha value is -0.590. The van der Waals surface area contributed by atoms with Gasteiger partial charge >= 0.3 is 0 Å². The van der Waals surface area contributed by atoms with Crippen LogP contribution in [-0.2, 0) is 0 Å². The number of hydrogen-bond acceptors (Lipinski definition) is 1. The lowest BCUT2D eigenvalue weighted by Gasteiger charge is -1.94. The molecule has 0 rings (SSSR count). The van der Waals surface area contributed by atoms with E-state index < -0.39 is 0 Å². The minimum absolute atomic E-state index is 0.904. The van der Waals surface area contributed by atoms with Crippen molar-refractivity contribution in [3.63, 3.8) is 0 Å². The van der Waals surface area contributed by atoms with Crippen molar-refractivity contribution in [3.8, 4) is 0 Å². The number of rotatable bonds is 3. The first-order valence-electron chi connectivity index (χ1n) is 3.36. The van der Waals surface area contributed by atoms with Gasteiger partial charge in [-0.25, -0.2) is 0 Å². The molecule has 0 saturated carbocycles. The SMILES string of the molecule is C=C(C)N=C(C)CCC. The molecule has 0 aromatic heterocycles. The average molecular weight is 125 g/mol. The number of hydrogen-bond donors (Lipinski definition) is 0. The highest BCUT2D eigenvalue weighted by Gasteiger charge is 1.86. The summed E-state index contributed by atoms with van der Waals surface area (Å²) < 4.78 is 0. The molecule has 1 heteroatoms. The van der Waals surface area contributed by atoms with E-state index in [1.54, 1.807) is 0 Å². The molecule has 0 aliphatic rings. The van der Waals surface area contributed by atoms with E-state index in [-0.39, 0.29) is 0 Å². The normalized spacial score (nSPS) is 11.7. The van der Waals surface area contributed by atoms with Gasteiger partial charge in [0.15, 0.2) is 0 Å². The van der Waals surface area contributed by atoms with Crippen molar-refractivity contribution in [3.05, 3.63) is 12.3 Å². The van der Waals surface area contributed by atoms with Crippen LogP contribution in [0.5, 0.6) is 0 Å². The lowest BCUT2D eigenvalue weighted by molar-refractivity contribution is 0.984. The molecule has 0 aliphatic carbocycles. The Kier molecular flexibility index (Phi) is 4.02. The Morgan fingerprint density at radius 2 is 2.00 bits per heavy atom. The maximum atomic E-state index is 4.19. The van der Waals surface area contributed by atoms with Gasteiger partial charge in [-0.3, -0.25) is 4.99 Å². The van der Waals surface area contributed by atoms with Gasteiger partial charge in [-0.2, -0.15) is 0 Å². The predicted molar refractivity (Wildman–Crippen MR) is 42.8 cm³/mol. The summed E-state index contributed by atoms with van der Waals surface area (Å²) in [4.78, 5) is 4.19. The monoisotopic (exact) mass is 125 g/mol. The fraction of sp³-hybridized carbons (Fsp3) is 0.625. The van der Waals surface area contributed by atoms with Crippen molar-refractivity contribution in [2.45, 2.75) is 33.6 Å². The molecule has 0 bridgehead atoms. The number of allylic oxidation sites excluding steroid dienone is 1. The van der Waals surface area contributed by atoms with Crippen molar-refractivity contribution in [1.29, 1.82) is 0 Å². The highest BCUT2D eigenvalue weighted by molar-refractivity contribution is 5.82.